The van der Waals surface area contributed by atoms with E-state index in [0.717, 1.165) is 22.3 Å². The summed E-state index contributed by atoms with van der Waals surface area (Å²) in [7, 11) is -3.99. The molecule has 0 atom stereocenters. The number of nitrogen functional groups attached to an aromatic ring is 1. The molecule has 0 saturated carbocycles. The van der Waals surface area contributed by atoms with Gasteiger partial charge >= 0.3 is 0 Å². The highest BCUT2D eigenvalue weighted by Gasteiger charge is 2.30. The molecule has 0 bridgehead atoms. The number of para-hydroxylation sites is 2. The fraction of sp³-hybridized carbons (Fsp3) is 0.115. The molecule has 0 aliphatic heterocycles. The molecular formula is C26H23N5O2S. The van der Waals surface area contributed by atoms with Crippen LogP contribution in [0.4, 0.5) is 5.82 Å². The van der Waals surface area contributed by atoms with Crippen molar-refractivity contribution in [3.63, 3.8) is 0 Å². The van der Waals surface area contributed by atoms with Gasteiger partial charge in [-0.25, -0.2) is 18.4 Å². The summed E-state index contributed by atoms with van der Waals surface area (Å²) in [5, 5.41) is 4.50. The van der Waals surface area contributed by atoms with Crippen LogP contribution < -0.4 is 5.73 Å². The molecule has 0 unspecified atom stereocenters. The molecule has 3 aromatic carbocycles. The van der Waals surface area contributed by atoms with E-state index in [4.69, 9.17) is 5.73 Å². The van der Waals surface area contributed by atoms with Crippen molar-refractivity contribution in [2.24, 2.45) is 5.10 Å². The van der Waals surface area contributed by atoms with E-state index in [0.29, 0.717) is 11.0 Å². The first-order chi connectivity index (χ1) is 16.3. The van der Waals surface area contributed by atoms with Gasteiger partial charge in [-0.15, -0.1) is 0 Å². The number of benzene rings is 3. The van der Waals surface area contributed by atoms with E-state index in [1.54, 1.807) is 30.5 Å². The predicted molar refractivity (Wildman–Crippen MR) is 135 cm³/mol. The molecule has 8 heteroatoms. The molecule has 5 rings (SSSR count). The normalized spacial score (nSPS) is 12.2. The molecule has 0 saturated heterocycles. The average molecular weight is 470 g/mol. The monoisotopic (exact) mass is 469 g/mol. The van der Waals surface area contributed by atoms with E-state index >= 15 is 0 Å². The van der Waals surface area contributed by atoms with E-state index in [-0.39, 0.29) is 26.8 Å². The van der Waals surface area contributed by atoms with Crippen LogP contribution in [0.25, 0.3) is 22.2 Å². The van der Waals surface area contributed by atoms with Crippen LogP contribution in [0, 0.1) is 20.8 Å². The minimum atomic E-state index is -3.99. The number of aromatic nitrogens is 3. The largest absolute Gasteiger partial charge is 0.382 e. The number of anilines is 1. The number of aryl methyl sites for hydroxylation is 3. The predicted octanol–water partition coefficient (Wildman–Crippen LogP) is 4.81. The molecule has 2 aromatic heterocycles. The Morgan fingerprint density at radius 2 is 1.56 bits per heavy atom. The third kappa shape index (κ3) is 3.62. The van der Waals surface area contributed by atoms with Gasteiger partial charge in [0.1, 0.15) is 16.2 Å². The molecule has 0 radical (unpaired) electrons. The van der Waals surface area contributed by atoms with Crippen molar-refractivity contribution < 1.29 is 8.42 Å². The van der Waals surface area contributed by atoms with Crippen molar-refractivity contribution in [2.75, 3.05) is 5.73 Å². The summed E-state index contributed by atoms with van der Waals surface area (Å²) in [5.74, 6) is -0.0353. The molecule has 7 nitrogen and oxygen atoms in total. The van der Waals surface area contributed by atoms with E-state index in [1.807, 2.05) is 63.2 Å². The Kier molecular flexibility index (Phi) is 5.17. The molecular weight excluding hydrogens is 446 g/mol. The number of rotatable bonds is 4. The fourth-order valence-electron chi connectivity index (χ4n) is 3.78. The Morgan fingerprint density at radius 1 is 0.882 bits per heavy atom. The van der Waals surface area contributed by atoms with Crippen molar-refractivity contribution in [1.82, 2.24) is 14.6 Å². The third-order valence-electron chi connectivity index (χ3n) is 5.89. The van der Waals surface area contributed by atoms with Crippen molar-refractivity contribution in [3.05, 3.63) is 89.0 Å². The van der Waals surface area contributed by atoms with Crippen LogP contribution in [0.5, 0.6) is 0 Å². The van der Waals surface area contributed by atoms with Gasteiger partial charge in [0.25, 0.3) is 0 Å². The smallest absolute Gasteiger partial charge is 0.212 e. The van der Waals surface area contributed by atoms with Crippen LogP contribution in [0.2, 0.25) is 0 Å². The summed E-state index contributed by atoms with van der Waals surface area (Å²) in [6.45, 7) is 5.81. The topological polar surface area (TPSA) is 103 Å². The quantitative estimate of drug-likeness (QED) is 0.381. The first-order valence-corrected chi connectivity index (χ1v) is 12.2. The lowest BCUT2D eigenvalue weighted by Crippen LogP contribution is -2.07. The summed E-state index contributed by atoms with van der Waals surface area (Å²) in [6, 6.07) is 20.1. The van der Waals surface area contributed by atoms with Crippen LogP contribution in [0.15, 0.2) is 81.6 Å². The molecule has 5 aromatic rings. The number of hydrogen-bond acceptors (Lipinski definition) is 6. The van der Waals surface area contributed by atoms with Gasteiger partial charge in [0.05, 0.1) is 22.1 Å². The Balaban J connectivity index is 1.79. The highest BCUT2D eigenvalue weighted by atomic mass is 32.2. The Bertz CT molecular complexity index is 1700. The Labute approximate surface area is 197 Å². The van der Waals surface area contributed by atoms with Crippen molar-refractivity contribution >= 4 is 44.1 Å². The molecule has 0 fully saturated rings. The van der Waals surface area contributed by atoms with Crippen LogP contribution in [0.3, 0.4) is 0 Å². The van der Waals surface area contributed by atoms with Crippen molar-refractivity contribution in [3.8, 4) is 0 Å². The van der Waals surface area contributed by atoms with Gasteiger partial charge in [0.2, 0.25) is 9.84 Å². The van der Waals surface area contributed by atoms with Gasteiger partial charge in [-0.05, 0) is 61.7 Å². The number of sulfone groups is 1. The summed E-state index contributed by atoms with van der Waals surface area (Å²) in [4.78, 5) is 9.37. The number of hydrogen-bond donors (Lipinski definition) is 1. The maximum atomic E-state index is 13.8. The van der Waals surface area contributed by atoms with Crippen LogP contribution in [0.1, 0.15) is 22.3 Å². The molecule has 0 amide bonds. The zero-order valence-electron chi connectivity index (χ0n) is 19.0. The number of nitrogens with two attached hydrogens (primary N) is 1. The number of fused-ring (bicyclic) bond motifs is 2. The second-order valence-corrected chi connectivity index (χ2v) is 10.2. The summed E-state index contributed by atoms with van der Waals surface area (Å²) in [6.07, 6.45) is 1.62. The molecule has 34 heavy (non-hydrogen) atoms. The minimum Gasteiger partial charge on any atom is -0.382 e. The standard InChI is InChI=1S/C26H23N5O2S/c1-16-8-11-19(12-9-16)15-28-31-25(27)24(34(32,33)20-13-10-17(2)18(3)14-20)23-26(31)30-22-7-5-4-6-21(22)29-23/h4-15H,27H2,1-3H3. The van der Waals surface area contributed by atoms with Gasteiger partial charge in [-0.3, -0.25) is 0 Å². The van der Waals surface area contributed by atoms with E-state index in [2.05, 4.69) is 15.1 Å². The summed E-state index contributed by atoms with van der Waals surface area (Å²) < 4.78 is 28.9. The molecule has 0 spiro atoms. The maximum absolute atomic E-state index is 13.8. The van der Waals surface area contributed by atoms with Gasteiger partial charge < -0.3 is 5.73 Å². The van der Waals surface area contributed by atoms with E-state index < -0.39 is 9.84 Å². The molecule has 2 N–H and O–H groups in total. The molecule has 170 valence electrons. The lowest BCUT2D eigenvalue weighted by molar-refractivity contribution is 0.597. The van der Waals surface area contributed by atoms with E-state index in [1.165, 1.54) is 4.68 Å². The average Bonchev–Trinajstić information content (AvgIpc) is 3.09. The molecule has 2 heterocycles. The van der Waals surface area contributed by atoms with Gasteiger partial charge in [0.15, 0.2) is 5.65 Å². The van der Waals surface area contributed by atoms with Crippen molar-refractivity contribution in [1.29, 1.82) is 0 Å². The number of nitrogens with zero attached hydrogens (tertiary/aromatic N) is 4. The molecule has 0 aliphatic rings. The summed E-state index contributed by atoms with van der Waals surface area (Å²) >= 11 is 0. The van der Waals surface area contributed by atoms with Gasteiger partial charge in [-0.2, -0.15) is 9.78 Å². The van der Waals surface area contributed by atoms with Crippen LogP contribution in [-0.2, 0) is 9.84 Å². The maximum Gasteiger partial charge on any atom is 0.212 e. The van der Waals surface area contributed by atoms with Crippen LogP contribution in [-0.4, -0.2) is 29.3 Å². The van der Waals surface area contributed by atoms with E-state index in [9.17, 15) is 8.42 Å². The van der Waals surface area contributed by atoms with Gasteiger partial charge in [0, 0.05) is 0 Å². The second-order valence-electron chi connectivity index (χ2n) is 8.32. The second kappa shape index (κ2) is 8.07. The Hall–Kier alpha value is -4.04. The lowest BCUT2D eigenvalue weighted by atomic mass is 10.1. The fourth-order valence-corrected chi connectivity index (χ4v) is 5.35. The van der Waals surface area contributed by atoms with Gasteiger partial charge in [-0.1, -0.05) is 48.0 Å². The highest BCUT2D eigenvalue weighted by molar-refractivity contribution is 7.92. The van der Waals surface area contributed by atoms with Crippen LogP contribution >= 0.6 is 0 Å². The minimum absolute atomic E-state index is 0.0353. The highest BCUT2D eigenvalue weighted by Crippen LogP contribution is 2.35. The third-order valence-corrected chi connectivity index (χ3v) is 7.70. The Morgan fingerprint density at radius 3 is 2.24 bits per heavy atom. The summed E-state index contributed by atoms with van der Waals surface area (Å²) in [5.41, 5.74) is 12.0. The zero-order chi connectivity index (χ0) is 24.0. The van der Waals surface area contributed by atoms with Crippen molar-refractivity contribution in [2.45, 2.75) is 30.6 Å². The zero-order valence-corrected chi connectivity index (χ0v) is 19.8. The molecule has 0 aliphatic carbocycles. The first-order valence-electron chi connectivity index (χ1n) is 10.8. The lowest BCUT2D eigenvalue weighted by Gasteiger charge is -2.07. The SMILES string of the molecule is Cc1ccc(C=Nn2c(N)c(S(=O)(=O)c3ccc(C)c(C)c3)c3nc4ccccc4nc32)cc1. The first kappa shape index (κ1) is 21.8.